The smallest absolute Gasteiger partial charge is 0.184 e. The van der Waals surface area contributed by atoms with Crippen LogP contribution >= 0.6 is 0 Å². The van der Waals surface area contributed by atoms with Gasteiger partial charge in [-0.05, 0) is 6.42 Å². The standard InChI is InChI=1S/C25H41NO5/c1-2-3-4-5-6-7-8-9-10-14-17-28-25-21(26)22(27)23-20(30-25)18-29-24(31-23)19-15-12-11-13-16-19/h11-13,15-16,20-25,27H,2-10,14,17-18,26H2,1H3/t20-,21-,22+,23-,24?,25-/m1/s1. The van der Waals surface area contributed by atoms with Crippen molar-refractivity contribution < 1.29 is 24.1 Å². The van der Waals surface area contributed by atoms with Gasteiger partial charge in [-0.25, -0.2) is 0 Å². The van der Waals surface area contributed by atoms with Crippen molar-refractivity contribution in [2.24, 2.45) is 5.73 Å². The summed E-state index contributed by atoms with van der Waals surface area (Å²) in [6.45, 7) is 3.18. The van der Waals surface area contributed by atoms with Gasteiger partial charge in [0, 0.05) is 12.2 Å². The molecule has 0 amide bonds. The molecule has 0 radical (unpaired) electrons. The summed E-state index contributed by atoms with van der Waals surface area (Å²) in [5.41, 5.74) is 7.14. The van der Waals surface area contributed by atoms with E-state index in [4.69, 9.17) is 24.7 Å². The van der Waals surface area contributed by atoms with Gasteiger partial charge >= 0.3 is 0 Å². The normalized spacial score (nSPS) is 30.8. The maximum atomic E-state index is 10.7. The van der Waals surface area contributed by atoms with Crippen LogP contribution in [0.4, 0.5) is 0 Å². The van der Waals surface area contributed by atoms with Crippen molar-refractivity contribution in [2.75, 3.05) is 13.2 Å². The van der Waals surface area contributed by atoms with Gasteiger partial charge in [-0.3, -0.25) is 0 Å². The number of hydrogen-bond acceptors (Lipinski definition) is 6. The van der Waals surface area contributed by atoms with Crippen molar-refractivity contribution in [3.8, 4) is 0 Å². The Kier molecular flexibility index (Phi) is 10.7. The summed E-state index contributed by atoms with van der Waals surface area (Å²) in [4.78, 5) is 0. The van der Waals surface area contributed by atoms with Gasteiger partial charge in [-0.15, -0.1) is 0 Å². The monoisotopic (exact) mass is 435 g/mol. The molecule has 0 saturated carbocycles. The summed E-state index contributed by atoms with van der Waals surface area (Å²) in [6.07, 6.45) is 9.88. The van der Waals surface area contributed by atoms with Crippen LogP contribution in [0, 0.1) is 0 Å². The molecule has 1 aromatic rings. The molecule has 0 bridgehead atoms. The van der Waals surface area contributed by atoms with Crippen molar-refractivity contribution in [3.63, 3.8) is 0 Å². The molecule has 3 N–H and O–H groups in total. The number of aliphatic hydroxyl groups is 1. The van der Waals surface area contributed by atoms with Crippen LogP contribution in [0.3, 0.4) is 0 Å². The molecule has 1 unspecified atom stereocenters. The van der Waals surface area contributed by atoms with Gasteiger partial charge < -0.3 is 29.8 Å². The summed E-state index contributed by atoms with van der Waals surface area (Å²) in [6, 6.07) is 9.06. The average molecular weight is 436 g/mol. The van der Waals surface area contributed by atoms with E-state index in [0.29, 0.717) is 13.2 Å². The molecule has 3 rings (SSSR count). The fraction of sp³-hybridized carbons (Fsp3) is 0.760. The molecule has 1 aromatic carbocycles. The minimum absolute atomic E-state index is 0.339. The molecule has 2 aliphatic rings. The zero-order valence-electron chi connectivity index (χ0n) is 19.0. The third-order valence-electron chi connectivity index (χ3n) is 6.26. The molecule has 31 heavy (non-hydrogen) atoms. The highest BCUT2D eigenvalue weighted by Crippen LogP contribution is 2.33. The molecule has 0 aromatic heterocycles. The molecule has 6 nitrogen and oxygen atoms in total. The lowest BCUT2D eigenvalue weighted by atomic mass is 9.96. The average Bonchev–Trinajstić information content (AvgIpc) is 2.81. The van der Waals surface area contributed by atoms with Crippen LogP contribution in [-0.4, -0.2) is 49.0 Å². The number of fused-ring (bicyclic) bond motifs is 1. The van der Waals surface area contributed by atoms with Gasteiger partial charge in [0.1, 0.15) is 18.3 Å². The lowest BCUT2D eigenvalue weighted by molar-refractivity contribution is -0.342. The van der Waals surface area contributed by atoms with E-state index in [9.17, 15) is 5.11 Å². The molecule has 0 aliphatic carbocycles. The van der Waals surface area contributed by atoms with E-state index in [2.05, 4.69) is 6.92 Å². The first-order valence-electron chi connectivity index (χ1n) is 12.2. The van der Waals surface area contributed by atoms with Gasteiger partial charge in [0.15, 0.2) is 12.6 Å². The predicted molar refractivity (Wildman–Crippen MR) is 120 cm³/mol. The molecule has 2 fully saturated rings. The fourth-order valence-electron chi connectivity index (χ4n) is 4.33. The Morgan fingerprint density at radius 2 is 1.58 bits per heavy atom. The Bertz CT molecular complexity index is 599. The molecule has 6 heteroatoms. The number of unbranched alkanes of at least 4 members (excludes halogenated alkanes) is 9. The highest BCUT2D eigenvalue weighted by atomic mass is 16.7. The van der Waals surface area contributed by atoms with E-state index < -0.39 is 30.8 Å². The third-order valence-corrected chi connectivity index (χ3v) is 6.26. The molecule has 0 spiro atoms. The Morgan fingerprint density at radius 1 is 0.935 bits per heavy atom. The van der Waals surface area contributed by atoms with Crippen molar-refractivity contribution >= 4 is 0 Å². The Hall–Kier alpha value is -1.02. The van der Waals surface area contributed by atoms with Crippen molar-refractivity contribution in [3.05, 3.63) is 35.9 Å². The molecule has 176 valence electrons. The third kappa shape index (κ3) is 7.52. The van der Waals surface area contributed by atoms with E-state index in [1.165, 1.54) is 51.4 Å². The zero-order valence-corrected chi connectivity index (χ0v) is 19.0. The summed E-state index contributed by atoms with van der Waals surface area (Å²) in [7, 11) is 0. The first-order valence-corrected chi connectivity index (χ1v) is 12.2. The van der Waals surface area contributed by atoms with Gasteiger partial charge in [0.25, 0.3) is 0 Å². The van der Waals surface area contributed by atoms with E-state index in [-0.39, 0.29) is 6.10 Å². The lowest BCUT2D eigenvalue weighted by Crippen LogP contribution is -2.65. The number of benzene rings is 1. The molecule has 2 saturated heterocycles. The first kappa shape index (κ1) is 24.6. The van der Waals surface area contributed by atoms with Gasteiger partial charge in [-0.2, -0.15) is 0 Å². The van der Waals surface area contributed by atoms with Gasteiger partial charge in [0.05, 0.1) is 12.6 Å². The molecule has 2 heterocycles. The Balaban J connectivity index is 1.31. The summed E-state index contributed by atoms with van der Waals surface area (Å²) in [5.74, 6) is 0. The largest absolute Gasteiger partial charge is 0.388 e. The molecular formula is C25H41NO5. The fourth-order valence-corrected chi connectivity index (χ4v) is 4.33. The number of ether oxygens (including phenoxy) is 4. The summed E-state index contributed by atoms with van der Waals surface area (Å²) < 4.78 is 23.7. The van der Waals surface area contributed by atoms with Crippen LogP contribution in [0.5, 0.6) is 0 Å². The van der Waals surface area contributed by atoms with Crippen molar-refractivity contribution in [2.45, 2.75) is 108 Å². The second kappa shape index (κ2) is 13.5. The van der Waals surface area contributed by atoms with Crippen LogP contribution in [0.2, 0.25) is 0 Å². The Morgan fingerprint density at radius 3 is 2.26 bits per heavy atom. The number of rotatable bonds is 13. The lowest BCUT2D eigenvalue weighted by Gasteiger charge is -2.46. The second-order valence-corrected chi connectivity index (χ2v) is 8.84. The number of aliphatic hydroxyl groups excluding tert-OH is 1. The minimum atomic E-state index is -0.855. The number of hydrogen-bond donors (Lipinski definition) is 2. The van der Waals surface area contributed by atoms with Crippen LogP contribution in [-0.2, 0) is 18.9 Å². The topological polar surface area (TPSA) is 83.2 Å². The second-order valence-electron chi connectivity index (χ2n) is 8.84. The quantitative estimate of drug-likeness (QED) is 0.445. The van der Waals surface area contributed by atoms with Crippen LogP contribution < -0.4 is 5.73 Å². The molecule has 2 aliphatic heterocycles. The zero-order chi connectivity index (χ0) is 21.9. The highest BCUT2D eigenvalue weighted by Gasteiger charge is 2.48. The van der Waals surface area contributed by atoms with Gasteiger partial charge in [0.2, 0.25) is 0 Å². The van der Waals surface area contributed by atoms with Crippen LogP contribution in [0.1, 0.15) is 83.0 Å². The van der Waals surface area contributed by atoms with Gasteiger partial charge in [-0.1, -0.05) is 95.0 Å². The van der Waals surface area contributed by atoms with E-state index in [0.717, 1.165) is 18.4 Å². The Labute approximate surface area is 187 Å². The summed E-state index contributed by atoms with van der Waals surface area (Å²) in [5, 5.41) is 10.7. The summed E-state index contributed by atoms with van der Waals surface area (Å²) >= 11 is 0. The van der Waals surface area contributed by atoms with Crippen molar-refractivity contribution in [1.82, 2.24) is 0 Å². The van der Waals surface area contributed by atoms with E-state index in [1.54, 1.807) is 0 Å². The minimum Gasteiger partial charge on any atom is -0.388 e. The predicted octanol–water partition coefficient (Wildman–Crippen LogP) is 4.45. The maximum absolute atomic E-state index is 10.7. The van der Waals surface area contributed by atoms with Crippen LogP contribution in [0.15, 0.2) is 30.3 Å². The maximum Gasteiger partial charge on any atom is 0.184 e. The first-order chi connectivity index (χ1) is 15.2. The number of nitrogens with two attached hydrogens (primary N) is 1. The van der Waals surface area contributed by atoms with E-state index in [1.807, 2.05) is 30.3 Å². The van der Waals surface area contributed by atoms with Crippen molar-refractivity contribution in [1.29, 1.82) is 0 Å². The highest BCUT2D eigenvalue weighted by molar-refractivity contribution is 5.16. The molecule has 6 atom stereocenters. The molecular weight excluding hydrogens is 394 g/mol. The van der Waals surface area contributed by atoms with Crippen LogP contribution in [0.25, 0.3) is 0 Å². The SMILES string of the molecule is CCCCCCCCCCCCO[C@@H]1O[C@@H]2COC(c3ccccc3)O[C@H]2[C@@H](O)[C@H]1N. The van der Waals surface area contributed by atoms with E-state index >= 15 is 0 Å².